The molecule has 2 aliphatic rings. The molecule has 1 aliphatic carbocycles. The van der Waals surface area contributed by atoms with E-state index < -0.39 is 0 Å². The second kappa shape index (κ2) is 11.3. The van der Waals surface area contributed by atoms with Gasteiger partial charge in [-0.1, -0.05) is 23.4 Å². The largest absolute Gasteiger partial charge is 0.490 e. The van der Waals surface area contributed by atoms with Crippen molar-refractivity contribution in [3.8, 4) is 34.7 Å². The third-order valence-electron chi connectivity index (χ3n) is 6.21. The summed E-state index contributed by atoms with van der Waals surface area (Å²) < 4.78 is 11.1. The maximum atomic E-state index is 10.8. The Hall–Kier alpha value is -3.74. The molecule has 0 spiro atoms. The van der Waals surface area contributed by atoms with E-state index in [1.54, 1.807) is 17.0 Å². The van der Waals surface area contributed by atoms with Crippen LogP contribution in [0.4, 0.5) is 0 Å². The van der Waals surface area contributed by atoms with Gasteiger partial charge in [0.2, 0.25) is 11.7 Å². The average molecular weight is 490 g/mol. The van der Waals surface area contributed by atoms with Gasteiger partial charge in [0, 0.05) is 24.2 Å². The number of nitriles is 1. The summed E-state index contributed by atoms with van der Waals surface area (Å²) in [6.45, 7) is 5.01. The van der Waals surface area contributed by atoms with Gasteiger partial charge in [0.05, 0.1) is 24.3 Å². The van der Waals surface area contributed by atoms with Gasteiger partial charge in [-0.25, -0.2) is 0 Å². The van der Waals surface area contributed by atoms with Crippen molar-refractivity contribution in [2.45, 2.75) is 51.7 Å². The number of β-amino-alcohol motifs (C(OH)–C–C–N with tert-alkyl or cyclic N) is 1. The number of hydrogen-bond acceptors (Lipinski definition) is 8. The monoisotopic (exact) mass is 489 g/mol. The number of aliphatic hydroxyl groups excluding tert-OH is 1. The number of amides is 1. The van der Waals surface area contributed by atoms with E-state index in [-0.39, 0.29) is 24.7 Å². The number of rotatable bonds is 5. The summed E-state index contributed by atoms with van der Waals surface area (Å²) in [4.78, 5) is 17.0. The van der Waals surface area contributed by atoms with Crippen molar-refractivity contribution in [1.29, 1.82) is 5.26 Å². The molecule has 3 N–H and O–H groups in total. The van der Waals surface area contributed by atoms with Crippen LogP contribution in [0, 0.1) is 11.3 Å². The fourth-order valence-electron chi connectivity index (χ4n) is 4.48. The minimum absolute atomic E-state index is 0.00290. The summed E-state index contributed by atoms with van der Waals surface area (Å²) in [6.07, 6.45) is 3.68. The van der Waals surface area contributed by atoms with Crippen LogP contribution < -0.4 is 10.5 Å². The molecule has 1 aromatic heterocycles. The van der Waals surface area contributed by atoms with Crippen LogP contribution in [0.2, 0.25) is 0 Å². The van der Waals surface area contributed by atoms with Crippen LogP contribution in [-0.4, -0.2) is 57.9 Å². The lowest BCUT2D eigenvalue weighted by atomic mass is 10.0. The first-order valence-corrected chi connectivity index (χ1v) is 12.2. The zero-order valence-electron chi connectivity index (χ0n) is 20.6. The quantitative estimate of drug-likeness (QED) is 0.557. The number of nitrogens with two attached hydrogens (primary N) is 1. The number of likely N-dealkylation sites (tertiary alicyclic amines) is 1. The van der Waals surface area contributed by atoms with Gasteiger partial charge < -0.3 is 25.0 Å². The minimum Gasteiger partial charge on any atom is -0.490 e. The van der Waals surface area contributed by atoms with Crippen LogP contribution in [0.5, 0.6) is 5.75 Å². The topological polar surface area (TPSA) is 138 Å². The Morgan fingerprint density at radius 1 is 1.33 bits per heavy atom. The lowest BCUT2D eigenvalue weighted by Crippen LogP contribution is -2.34. The third kappa shape index (κ3) is 5.73. The number of ether oxygens (including phenoxy) is 1. The van der Waals surface area contributed by atoms with E-state index in [1.807, 2.05) is 32.0 Å². The lowest BCUT2D eigenvalue weighted by Gasteiger charge is -2.13. The van der Waals surface area contributed by atoms with Gasteiger partial charge in [0.15, 0.2) is 0 Å². The van der Waals surface area contributed by atoms with Crippen molar-refractivity contribution < 1.29 is 19.2 Å². The van der Waals surface area contributed by atoms with Gasteiger partial charge in [-0.15, -0.1) is 0 Å². The summed E-state index contributed by atoms with van der Waals surface area (Å²) in [5.41, 5.74) is 10.0. The SMILES string of the molecule is CC(C)Oc1ccc(-c2nc(-c3cccc4c3CCC4)no2)cc1C#N.NCC(=O)N1CCC(O)C1. The number of benzene rings is 2. The molecular formula is C27H31N5O4. The zero-order chi connectivity index (χ0) is 25.7. The van der Waals surface area contributed by atoms with Crippen molar-refractivity contribution >= 4 is 5.91 Å². The van der Waals surface area contributed by atoms with E-state index in [1.165, 1.54) is 17.5 Å². The molecule has 2 heterocycles. The highest BCUT2D eigenvalue weighted by Gasteiger charge is 2.23. The van der Waals surface area contributed by atoms with E-state index in [9.17, 15) is 10.1 Å². The first kappa shape index (κ1) is 25.4. The number of aromatic nitrogens is 2. The first-order valence-electron chi connectivity index (χ1n) is 12.2. The molecule has 1 fully saturated rings. The highest BCUT2D eigenvalue weighted by Crippen LogP contribution is 2.33. The molecule has 3 aromatic rings. The van der Waals surface area contributed by atoms with Gasteiger partial charge in [0.1, 0.15) is 11.8 Å². The van der Waals surface area contributed by atoms with E-state index in [0.717, 1.165) is 18.4 Å². The normalized spacial score (nSPS) is 16.3. The molecule has 0 saturated carbocycles. The number of carbonyl (C=O) groups is 1. The van der Waals surface area contributed by atoms with Gasteiger partial charge in [0.25, 0.3) is 5.89 Å². The third-order valence-corrected chi connectivity index (χ3v) is 6.21. The summed E-state index contributed by atoms with van der Waals surface area (Å²) in [7, 11) is 0. The fourth-order valence-corrected chi connectivity index (χ4v) is 4.48. The predicted octanol–water partition coefficient (Wildman–Crippen LogP) is 3.09. The molecule has 1 amide bonds. The smallest absolute Gasteiger partial charge is 0.258 e. The fraction of sp³-hybridized carbons (Fsp3) is 0.407. The first-order chi connectivity index (χ1) is 17.4. The number of nitrogens with zero attached hydrogens (tertiary/aromatic N) is 4. The number of fused-ring (bicyclic) bond motifs is 1. The van der Waals surface area contributed by atoms with Crippen molar-refractivity contribution in [2.75, 3.05) is 19.6 Å². The number of aryl methyl sites for hydroxylation is 1. The molecule has 0 bridgehead atoms. The van der Waals surface area contributed by atoms with E-state index in [4.69, 9.17) is 20.1 Å². The van der Waals surface area contributed by atoms with Crippen molar-refractivity contribution in [3.05, 3.63) is 53.1 Å². The summed E-state index contributed by atoms with van der Waals surface area (Å²) in [5, 5.41) is 22.6. The molecule has 188 valence electrons. The average Bonchev–Trinajstić information content (AvgIpc) is 3.64. The molecule has 1 atom stereocenters. The maximum absolute atomic E-state index is 10.8. The van der Waals surface area contributed by atoms with Gasteiger partial charge in [-0.2, -0.15) is 10.2 Å². The van der Waals surface area contributed by atoms with Crippen molar-refractivity contribution in [1.82, 2.24) is 15.0 Å². The molecule has 36 heavy (non-hydrogen) atoms. The molecular weight excluding hydrogens is 458 g/mol. The number of hydrogen-bond donors (Lipinski definition) is 2. The highest BCUT2D eigenvalue weighted by atomic mass is 16.5. The summed E-state index contributed by atoms with van der Waals surface area (Å²) in [5.74, 6) is 1.49. The summed E-state index contributed by atoms with van der Waals surface area (Å²) >= 11 is 0. The molecule has 5 rings (SSSR count). The lowest BCUT2D eigenvalue weighted by molar-refractivity contribution is -0.128. The zero-order valence-corrected chi connectivity index (χ0v) is 20.6. The van der Waals surface area contributed by atoms with Crippen molar-refractivity contribution in [2.24, 2.45) is 5.73 Å². The second-order valence-electron chi connectivity index (χ2n) is 9.20. The summed E-state index contributed by atoms with van der Waals surface area (Å²) in [6, 6.07) is 13.8. The van der Waals surface area contributed by atoms with Crippen LogP contribution >= 0.6 is 0 Å². The van der Waals surface area contributed by atoms with Crippen LogP contribution in [0.3, 0.4) is 0 Å². The van der Waals surface area contributed by atoms with Crippen LogP contribution in [0.25, 0.3) is 22.8 Å². The molecule has 9 nitrogen and oxygen atoms in total. The van der Waals surface area contributed by atoms with E-state index in [0.29, 0.717) is 48.1 Å². The Labute approximate surface area is 210 Å². The predicted molar refractivity (Wildman–Crippen MR) is 134 cm³/mol. The Morgan fingerprint density at radius 3 is 2.86 bits per heavy atom. The maximum Gasteiger partial charge on any atom is 0.258 e. The Kier molecular flexibility index (Phi) is 7.98. The van der Waals surface area contributed by atoms with E-state index in [2.05, 4.69) is 22.3 Å². The Bertz CT molecular complexity index is 1260. The molecule has 1 unspecified atom stereocenters. The minimum atomic E-state index is -0.338. The standard InChI is InChI=1S/C21H19N3O2.C6H12N2O2/c1-13(2)25-19-10-9-15(11-16(19)12-22)21-23-20(24-26-21)18-8-4-6-14-5-3-7-17(14)18;7-3-6(10)8-2-1-5(9)4-8/h4,6,8-11,13H,3,5,7H2,1-2H3;5,9H,1-4,7H2. The highest BCUT2D eigenvalue weighted by molar-refractivity contribution is 5.78. The Morgan fingerprint density at radius 2 is 2.17 bits per heavy atom. The van der Waals surface area contributed by atoms with Crippen molar-refractivity contribution in [3.63, 3.8) is 0 Å². The number of aliphatic hydroxyl groups is 1. The molecule has 2 aromatic carbocycles. The number of carbonyl (C=O) groups excluding carboxylic acids is 1. The van der Waals surface area contributed by atoms with Gasteiger partial charge in [-0.05, 0) is 68.9 Å². The molecule has 1 aliphatic heterocycles. The van der Waals surface area contributed by atoms with Crippen LogP contribution in [-0.2, 0) is 17.6 Å². The second-order valence-corrected chi connectivity index (χ2v) is 9.20. The van der Waals surface area contributed by atoms with Crippen LogP contribution in [0.1, 0.15) is 43.4 Å². The Balaban J connectivity index is 0.000000256. The molecule has 9 heteroatoms. The van der Waals surface area contributed by atoms with Gasteiger partial charge in [-0.3, -0.25) is 4.79 Å². The van der Waals surface area contributed by atoms with E-state index >= 15 is 0 Å². The molecule has 0 radical (unpaired) electrons. The van der Waals surface area contributed by atoms with Gasteiger partial charge >= 0.3 is 0 Å². The molecule has 1 saturated heterocycles. The van der Waals surface area contributed by atoms with Crippen LogP contribution in [0.15, 0.2) is 40.9 Å².